The van der Waals surface area contributed by atoms with Gasteiger partial charge in [0.25, 0.3) is 0 Å². The average molecular weight is 290 g/mol. The minimum Gasteiger partial charge on any atom is -0.371 e. The zero-order valence-corrected chi connectivity index (χ0v) is 11.5. The molecule has 0 saturated carbocycles. The van der Waals surface area contributed by atoms with Crippen LogP contribution in [0.5, 0.6) is 0 Å². The summed E-state index contributed by atoms with van der Waals surface area (Å²) in [6.07, 6.45) is 2.34. The number of rotatable bonds is 3. The van der Waals surface area contributed by atoms with Crippen molar-refractivity contribution in [1.82, 2.24) is 14.9 Å². The Hall–Kier alpha value is -1.99. The molecule has 0 bridgehead atoms. The third-order valence-electron chi connectivity index (χ3n) is 3.14. The number of urea groups is 1. The van der Waals surface area contributed by atoms with Gasteiger partial charge in [-0.15, -0.1) is 5.10 Å². The molecule has 104 valence electrons. The molecule has 1 aromatic carbocycles. The lowest BCUT2D eigenvalue weighted by Gasteiger charge is -2.26. The topological polar surface area (TPSA) is 76.1 Å². The molecule has 0 radical (unpaired) electrons. The van der Waals surface area contributed by atoms with Crippen LogP contribution in [-0.2, 0) is 11.2 Å². The highest BCUT2D eigenvalue weighted by atomic mass is 32.1. The predicted molar refractivity (Wildman–Crippen MR) is 75.8 cm³/mol. The summed E-state index contributed by atoms with van der Waals surface area (Å²) < 4.78 is 9.40. The van der Waals surface area contributed by atoms with Gasteiger partial charge in [-0.05, 0) is 17.5 Å². The zero-order valence-electron chi connectivity index (χ0n) is 10.7. The van der Waals surface area contributed by atoms with E-state index in [-0.39, 0.29) is 12.1 Å². The Morgan fingerprint density at radius 3 is 3.20 bits per heavy atom. The normalized spacial score (nSPS) is 17.3. The first-order chi connectivity index (χ1) is 9.83. The van der Waals surface area contributed by atoms with Crippen molar-refractivity contribution in [2.75, 3.05) is 18.5 Å². The summed E-state index contributed by atoms with van der Waals surface area (Å²) in [7, 11) is 0. The van der Waals surface area contributed by atoms with Gasteiger partial charge in [0.15, 0.2) is 0 Å². The summed E-state index contributed by atoms with van der Waals surface area (Å²) in [6.45, 7) is 1.12. The van der Waals surface area contributed by atoms with Gasteiger partial charge in [0.05, 0.1) is 12.8 Å². The van der Waals surface area contributed by atoms with E-state index >= 15 is 0 Å². The van der Waals surface area contributed by atoms with Crippen LogP contribution in [-0.4, -0.2) is 28.8 Å². The number of anilines is 1. The highest BCUT2D eigenvalue weighted by molar-refractivity contribution is 7.10. The fraction of sp³-hybridized carbons (Fsp3) is 0.308. The molecule has 1 atom stereocenters. The van der Waals surface area contributed by atoms with Crippen LogP contribution in [0, 0.1) is 0 Å². The lowest BCUT2D eigenvalue weighted by Crippen LogP contribution is -2.34. The quantitative estimate of drug-likeness (QED) is 0.906. The van der Waals surface area contributed by atoms with E-state index in [4.69, 9.17) is 4.74 Å². The number of nitrogens with zero attached hydrogens (tertiary/aromatic N) is 2. The van der Waals surface area contributed by atoms with Crippen LogP contribution in [0.15, 0.2) is 30.5 Å². The molecule has 7 heteroatoms. The summed E-state index contributed by atoms with van der Waals surface area (Å²) in [6, 6.07) is 7.89. The Morgan fingerprint density at radius 1 is 1.45 bits per heavy atom. The molecule has 2 heterocycles. The minimum atomic E-state index is -0.275. The number of hydrogen-bond acceptors (Lipinski definition) is 5. The van der Waals surface area contributed by atoms with E-state index in [1.54, 1.807) is 0 Å². The fourth-order valence-corrected chi connectivity index (χ4v) is 2.62. The van der Waals surface area contributed by atoms with E-state index < -0.39 is 0 Å². The van der Waals surface area contributed by atoms with E-state index in [2.05, 4.69) is 26.3 Å². The maximum absolute atomic E-state index is 11.7. The minimum absolute atomic E-state index is 0.0923. The highest BCUT2D eigenvalue weighted by Crippen LogP contribution is 2.26. The molecule has 2 amide bonds. The molecule has 1 aromatic heterocycles. The summed E-state index contributed by atoms with van der Waals surface area (Å²) in [5, 5.41) is 9.76. The molecule has 0 spiro atoms. The van der Waals surface area contributed by atoms with Crippen molar-refractivity contribution in [3.63, 3.8) is 0 Å². The molecule has 0 saturated heterocycles. The van der Waals surface area contributed by atoms with Gasteiger partial charge >= 0.3 is 6.03 Å². The molecule has 0 fully saturated rings. The van der Waals surface area contributed by atoms with Gasteiger partial charge in [-0.1, -0.05) is 28.8 Å². The standard InChI is InChI=1S/C13H14N4O2S/c18-13(16-12-8-15-17-20-12)14-7-11-10-4-2-1-3-9(10)5-6-19-11/h1-4,8,11H,5-7H2,(H2,14,16,18)/t11-/m0/s1. The number of carbonyl (C=O) groups is 1. The van der Waals surface area contributed by atoms with Gasteiger partial charge in [0, 0.05) is 18.1 Å². The fourth-order valence-electron chi connectivity index (χ4n) is 2.21. The average Bonchev–Trinajstić information content (AvgIpc) is 2.98. The van der Waals surface area contributed by atoms with Gasteiger partial charge in [-0.2, -0.15) is 0 Å². The van der Waals surface area contributed by atoms with Crippen LogP contribution in [0.3, 0.4) is 0 Å². The van der Waals surface area contributed by atoms with Crippen LogP contribution in [0.1, 0.15) is 17.2 Å². The monoisotopic (exact) mass is 290 g/mol. The lowest BCUT2D eigenvalue weighted by molar-refractivity contribution is 0.0444. The van der Waals surface area contributed by atoms with Crippen molar-refractivity contribution < 1.29 is 9.53 Å². The third-order valence-corrected chi connectivity index (χ3v) is 3.72. The third kappa shape index (κ3) is 2.94. The van der Waals surface area contributed by atoms with Gasteiger partial charge in [-0.25, -0.2) is 4.79 Å². The summed E-state index contributed by atoms with van der Waals surface area (Å²) >= 11 is 1.14. The first-order valence-corrected chi connectivity index (χ1v) is 7.12. The van der Waals surface area contributed by atoms with Gasteiger partial charge in [-0.3, -0.25) is 5.32 Å². The molecular weight excluding hydrogens is 276 g/mol. The second-order valence-corrected chi connectivity index (χ2v) is 5.21. The number of amides is 2. The van der Waals surface area contributed by atoms with Crippen molar-refractivity contribution >= 4 is 22.6 Å². The number of ether oxygens (including phenoxy) is 1. The maximum atomic E-state index is 11.7. The molecule has 20 heavy (non-hydrogen) atoms. The molecule has 0 aliphatic carbocycles. The number of nitrogens with one attached hydrogen (secondary N) is 2. The summed E-state index contributed by atoms with van der Waals surface area (Å²) in [5.74, 6) is 0. The van der Waals surface area contributed by atoms with Crippen molar-refractivity contribution in [2.45, 2.75) is 12.5 Å². The second kappa shape index (κ2) is 5.98. The van der Waals surface area contributed by atoms with Gasteiger partial charge in [0.1, 0.15) is 11.1 Å². The van der Waals surface area contributed by atoms with E-state index in [0.717, 1.165) is 23.5 Å². The smallest absolute Gasteiger partial charge is 0.320 e. The number of hydrogen-bond donors (Lipinski definition) is 2. The van der Waals surface area contributed by atoms with Crippen molar-refractivity contribution in [1.29, 1.82) is 0 Å². The van der Waals surface area contributed by atoms with Crippen molar-refractivity contribution in [2.24, 2.45) is 0 Å². The number of benzene rings is 1. The summed E-state index contributed by atoms with van der Waals surface area (Å²) in [5.41, 5.74) is 2.44. The summed E-state index contributed by atoms with van der Waals surface area (Å²) in [4.78, 5) is 11.7. The van der Waals surface area contributed by atoms with Gasteiger partial charge < -0.3 is 10.1 Å². The lowest BCUT2D eigenvalue weighted by atomic mass is 9.98. The molecule has 2 aromatic rings. The Bertz CT molecular complexity index is 588. The largest absolute Gasteiger partial charge is 0.371 e. The number of aromatic nitrogens is 2. The Morgan fingerprint density at radius 2 is 2.35 bits per heavy atom. The van der Waals surface area contributed by atoms with Crippen molar-refractivity contribution in [3.8, 4) is 0 Å². The van der Waals surface area contributed by atoms with Crippen LogP contribution in [0.4, 0.5) is 9.80 Å². The highest BCUT2D eigenvalue weighted by Gasteiger charge is 2.20. The number of carbonyl (C=O) groups excluding carboxylic acids is 1. The Kier molecular flexibility index (Phi) is 3.89. The SMILES string of the molecule is O=C(NC[C@@H]1OCCc2ccccc21)Nc1cnns1. The van der Waals surface area contributed by atoms with Gasteiger partial charge in [0.2, 0.25) is 0 Å². The molecule has 1 aliphatic rings. The van der Waals surface area contributed by atoms with Crippen LogP contribution >= 0.6 is 11.5 Å². The molecule has 0 unspecified atom stereocenters. The van der Waals surface area contributed by atoms with Crippen molar-refractivity contribution in [3.05, 3.63) is 41.6 Å². The molecule has 2 N–H and O–H groups in total. The molecule has 6 nitrogen and oxygen atoms in total. The zero-order chi connectivity index (χ0) is 13.8. The van der Waals surface area contributed by atoms with Crippen LogP contribution in [0.2, 0.25) is 0 Å². The van der Waals surface area contributed by atoms with E-state index in [1.165, 1.54) is 11.8 Å². The molecular formula is C13H14N4O2S. The second-order valence-electron chi connectivity index (χ2n) is 4.43. The van der Waals surface area contributed by atoms with E-state index in [9.17, 15) is 4.79 Å². The molecule has 3 rings (SSSR count). The van der Waals surface area contributed by atoms with Crippen LogP contribution in [0.25, 0.3) is 0 Å². The van der Waals surface area contributed by atoms with E-state index in [0.29, 0.717) is 18.2 Å². The maximum Gasteiger partial charge on any atom is 0.320 e. The Labute approximate surface area is 120 Å². The first-order valence-electron chi connectivity index (χ1n) is 6.34. The van der Waals surface area contributed by atoms with E-state index in [1.807, 2.05) is 18.2 Å². The molecule has 1 aliphatic heterocycles. The first kappa shape index (κ1) is 13.0. The predicted octanol–water partition coefficient (Wildman–Crippen LogP) is 1.97. The Balaban J connectivity index is 1.58. The van der Waals surface area contributed by atoms with Crippen LogP contribution < -0.4 is 10.6 Å². The number of fused-ring (bicyclic) bond motifs is 1.